The maximum atomic E-state index is 6.45. The van der Waals surface area contributed by atoms with Crippen LogP contribution in [0.15, 0.2) is 12.3 Å². The van der Waals surface area contributed by atoms with Gasteiger partial charge in [-0.05, 0) is 44.5 Å². The van der Waals surface area contributed by atoms with Crippen molar-refractivity contribution >= 4 is 17.4 Å². The van der Waals surface area contributed by atoms with Crippen LogP contribution in [0.4, 0.5) is 5.82 Å². The largest absolute Gasteiger partial charge is 0.354 e. The maximum absolute atomic E-state index is 6.45. The topological polar surface area (TPSA) is 31.4 Å². The molecule has 5 heteroatoms. The molecular weight excluding hydrogens is 272 g/mol. The van der Waals surface area contributed by atoms with E-state index in [1.54, 1.807) is 0 Å². The first-order chi connectivity index (χ1) is 9.78. The summed E-state index contributed by atoms with van der Waals surface area (Å²) in [7, 11) is 1.94. The fourth-order valence-corrected chi connectivity index (χ4v) is 3.71. The fourth-order valence-electron chi connectivity index (χ4n) is 3.40. The number of fused-ring (bicyclic) bond motifs is 1. The Bertz CT molecular complexity index is 465. The van der Waals surface area contributed by atoms with Crippen molar-refractivity contribution in [2.75, 3.05) is 38.1 Å². The van der Waals surface area contributed by atoms with E-state index >= 15 is 0 Å². The summed E-state index contributed by atoms with van der Waals surface area (Å²) in [6, 6.07) is 2.73. The summed E-state index contributed by atoms with van der Waals surface area (Å²) in [6.07, 6.45) is 5.79. The Hall–Kier alpha value is -0.840. The molecule has 1 unspecified atom stereocenters. The van der Waals surface area contributed by atoms with E-state index in [2.05, 4.69) is 20.1 Å². The molecule has 0 aromatic carbocycles. The van der Waals surface area contributed by atoms with Crippen LogP contribution in [0.5, 0.6) is 0 Å². The van der Waals surface area contributed by atoms with Gasteiger partial charge in [-0.15, -0.1) is 0 Å². The summed E-state index contributed by atoms with van der Waals surface area (Å²) in [5.74, 6) is 0.959. The summed E-state index contributed by atoms with van der Waals surface area (Å²) in [6.45, 7) is 5.42. The van der Waals surface area contributed by atoms with E-state index < -0.39 is 0 Å². The molecule has 2 aliphatic rings. The molecule has 2 fully saturated rings. The summed E-state index contributed by atoms with van der Waals surface area (Å²) in [5, 5.41) is 3.91. The standard InChI is InChI=1S/C15H23ClN4/c1-17-9-12-8-14(16)15(18-10-12)20-7-3-6-19-5-2-4-13(19)11-20/h8,10,13,17H,2-7,9,11H2,1H3. The lowest BCUT2D eigenvalue weighted by Crippen LogP contribution is -2.37. The van der Waals surface area contributed by atoms with Crippen molar-refractivity contribution in [1.29, 1.82) is 0 Å². The molecule has 1 atom stereocenters. The molecule has 110 valence electrons. The number of aromatic nitrogens is 1. The predicted octanol–water partition coefficient (Wildman–Crippen LogP) is 2.13. The molecule has 4 nitrogen and oxygen atoms in total. The molecule has 3 heterocycles. The minimum absolute atomic E-state index is 0.687. The Morgan fingerprint density at radius 2 is 2.20 bits per heavy atom. The lowest BCUT2D eigenvalue weighted by Gasteiger charge is -2.27. The third-order valence-electron chi connectivity index (χ3n) is 4.36. The van der Waals surface area contributed by atoms with E-state index in [0.29, 0.717) is 6.04 Å². The van der Waals surface area contributed by atoms with Crippen LogP contribution in [-0.2, 0) is 6.54 Å². The number of rotatable bonds is 3. The van der Waals surface area contributed by atoms with E-state index in [9.17, 15) is 0 Å². The van der Waals surface area contributed by atoms with E-state index in [-0.39, 0.29) is 0 Å². The Morgan fingerprint density at radius 1 is 1.35 bits per heavy atom. The monoisotopic (exact) mass is 294 g/mol. The van der Waals surface area contributed by atoms with Gasteiger partial charge in [0.05, 0.1) is 5.02 Å². The molecule has 20 heavy (non-hydrogen) atoms. The summed E-state index contributed by atoms with van der Waals surface area (Å²) >= 11 is 6.45. The molecule has 0 saturated carbocycles. The number of nitrogens with one attached hydrogen (secondary N) is 1. The van der Waals surface area contributed by atoms with Gasteiger partial charge < -0.3 is 10.2 Å². The van der Waals surface area contributed by atoms with Gasteiger partial charge in [-0.3, -0.25) is 4.90 Å². The highest BCUT2D eigenvalue weighted by molar-refractivity contribution is 6.33. The molecule has 1 aromatic rings. The van der Waals surface area contributed by atoms with E-state index in [4.69, 9.17) is 11.6 Å². The molecular formula is C15H23ClN4. The molecule has 1 aromatic heterocycles. The second-order valence-corrected chi connectivity index (χ2v) is 6.22. The van der Waals surface area contributed by atoms with E-state index in [0.717, 1.165) is 36.0 Å². The Morgan fingerprint density at radius 3 is 3.00 bits per heavy atom. The number of hydrogen-bond acceptors (Lipinski definition) is 4. The van der Waals surface area contributed by atoms with Crippen molar-refractivity contribution in [2.24, 2.45) is 0 Å². The molecule has 0 bridgehead atoms. The van der Waals surface area contributed by atoms with Crippen LogP contribution in [0.1, 0.15) is 24.8 Å². The average molecular weight is 295 g/mol. The minimum atomic E-state index is 0.687. The van der Waals surface area contributed by atoms with Crippen molar-refractivity contribution in [1.82, 2.24) is 15.2 Å². The smallest absolute Gasteiger partial charge is 0.147 e. The zero-order chi connectivity index (χ0) is 13.9. The molecule has 0 amide bonds. The van der Waals surface area contributed by atoms with Gasteiger partial charge in [0.15, 0.2) is 0 Å². The zero-order valence-corrected chi connectivity index (χ0v) is 12.9. The van der Waals surface area contributed by atoms with Gasteiger partial charge in [0.2, 0.25) is 0 Å². The molecule has 2 saturated heterocycles. The number of pyridine rings is 1. The van der Waals surface area contributed by atoms with Crippen molar-refractivity contribution in [3.8, 4) is 0 Å². The van der Waals surface area contributed by atoms with Gasteiger partial charge in [0.1, 0.15) is 5.82 Å². The Kier molecular flexibility index (Phi) is 4.44. The SMILES string of the molecule is CNCc1cnc(N2CCCN3CCCC3C2)c(Cl)c1. The van der Waals surface area contributed by atoms with Gasteiger partial charge >= 0.3 is 0 Å². The van der Waals surface area contributed by atoms with Crippen LogP contribution >= 0.6 is 11.6 Å². The maximum Gasteiger partial charge on any atom is 0.147 e. The predicted molar refractivity (Wildman–Crippen MR) is 83.4 cm³/mol. The van der Waals surface area contributed by atoms with E-state index in [1.807, 2.05) is 19.3 Å². The second-order valence-electron chi connectivity index (χ2n) is 5.81. The van der Waals surface area contributed by atoms with Crippen LogP contribution in [0.3, 0.4) is 0 Å². The third kappa shape index (κ3) is 2.92. The van der Waals surface area contributed by atoms with E-state index in [1.165, 1.54) is 32.4 Å². The highest BCUT2D eigenvalue weighted by Gasteiger charge is 2.29. The third-order valence-corrected chi connectivity index (χ3v) is 4.64. The van der Waals surface area contributed by atoms with Gasteiger partial charge in [0, 0.05) is 38.4 Å². The lowest BCUT2D eigenvalue weighted by molar-refractivity contribution is 0.273. The first-order valence-electron chi connectivity index (χ1n) is 7.56. The molecule has 0 radical (unpaired) electrons. The molecule has 0 spiro atoms. The van der Waals surface area contributed by atoms with Gasteiger partial charge in [-0.2, -0.15) is 0 Å². The molecule has 2 aliphatic heterocycles. The van der Waals surface area contributed by atoms with Crippen LogP contribution in [0.2, 0.25) is 5.02 Å². The summed E-state index contributed by atoms with van der Waals surface area (Å²) in [5.41, 5.74) is 1.14. The number of nitrogens with zero attached hydrogens (tertiary/aromatic N) is 3. The van der Waals surface area contributed by atoms with Crippen LogP contribution < -0.4 is 10.2 Å². The van der Waals surface area contributed by atoms with Crippen LogP contribution in [-0.4, -0.2) is 49.2 Å². The number of anilines is 1. The minimum Gasteiger partial charge on any atom is -0.354 e. The van der Waals surface area contributed by atoms with Crippen molar-refractivity contribution in [3.63, 3.8) is 0 Å². The van der Waals surface area contributed by atoms with Crippen molar-refractivity contribution < 1.29 is 0 Å². The highest BCUT2D eigenvalue weighted by Crippen LogP contribution is 2.28. The van der Waals surface area contributed by atoms with Gasteiger partial charge in [-0.1, -0.05) is 11.6 Å². The zero-order valence-electron chi connectivity index (χ0n) is 12.1. The Labute approximate surface area is 126 Å². The summed E-state index contributed by atoms with van der Waals surface area (Å²) < 4.78 is 0. The van der Waals surface area contributed by atoms with Crippen LogP contribution in [0.25, 0.3) is 0 Å². The first kappa shape index (κ1) is 14.1. The normalized spacial score (nSPS) is 23.7. The van der Waals surface area contributed by atoms with Crippen molar-refractivity contribution in [3.05, 3.63) is 22.8 Å². The molecule has 0 aliphatic carbocycles. The first-order valence-corrected chi connectivity index (χ1v) is 7.94. The fraction of sp³-hybridized carbons (Fsp3) is 0.667. The molecule has 1 N–H and O–H groups in total. The average Bonchev–Trinajstić information content (AvgIpc) is 2.77. The highest BCUT2D eigenvalue weighted by atomic mass is 35.5. The van der Waals surface area contributed by atoms with Crippen molar-refractivity contribution in [2.45, 2.75) is 31.8 Å². The second kappa shape index (κ2) is 6.29. The van der Waals surface area contributed by atoms with Gasteiger partial charge in [-0.25, -0.2) is 4.98 Å². The van der Waals surface area contributed by atoms with Gasteiger partial charge in [0.25, 0.3) is 0 Å². The van der Waals surface area contributed by atoms with Crippen LogP contribution in [0, 0.1) is 0 Å². The number of hydrogen-bond donors (Lipinski definition) is 1. The molecule has 3 rings (SSSR count). The lowest BCUT2D eigenvalue weighted by atomic mass is 10.2. The number of halogens is 1. The Balaban J connectivity index is 1.77. The quantitative estimate of drug-likeness (QED) is 0.925. The summed E-state index contributed by atoms with van der Waals surface area (Å²) in [4.78, 5) is 9.62.